The topological polar surface area (TPSA) is 94.6 Å². The van der Waals surface area contributed by atoms with Crippen molar-refractivity contribution in [2.45, 2.75) is 6.42 Å². The number of rotatable bonds is 5. The first-order valence-electron chi connectivity index (χ1n) is 7.83. The number of carbonyl (C=O) groups excluding carboxylic acids is 1. The van der Waals surface area contributed by atoms with Gasteiger partial charge < -0.3 is 5.32 Å². The van der Waals surface area contributed by atoms with E-state index >= 15 is 0 Å². The minimum Gasteiger partial charge on any atom is -0.307 e. The van der Waals surface area contributed by atoms with Gasteiger partial charge in [-0.1, -0.05) is 18.2 Å². The van der Waals surface area contributed by atoms with Gasteiger partial charge in [0.25, 0.3) is 5.91 Å². The summed E-state index contributed by atoms with van der Waals surface area (Å²) in [5, 5.41) is 17.5. The average molecular weight is 349 g/mol. The zero-order valence-corrected chi connectivity index (χ0v) is 13.7. The van der Waals surface area contributed by atoms with Crippen LogP contribution in [0.4, 0.5) is 10.2 Å². The van der Waals surface area contributed by atoms with Gasteiger partial charge in [-0.15, -0.1) is 0 Å². The van der Waals surface area contributed by atoms with Crippen molar-refractivity contribution < 1.29 is 9.18 Å². The lowest BCUT2D eigenvalue weighted by atomic mass is 10.1. The minimum atomic E-state index is -0.383. The highest BCUT2D eigenvalue weighted by Gasteiger charge is 2.08. The molecule has 130 valence electrons. The standard InChI is InChI=1S/C19H16FN5O/c20-16-3-1-2-13(9-16)8-14-4-7-18(23-10-14)24-19(26)15-5-6-17(22)25(11-15)12-21/h1-7,9-12,21-22H,8H2,(H,23,24,26). The van der Waals surface area contributed by atoms with Crippen molar-refractivity contribution in [1.82, 2.24) is 9.55 Å². The maximum atomic E-state index is 13.2. The predicted molar refractivity (Wildman–Crippen MR) is 95.9 cm³/mol. The Morgan fingerprint density at radius 2 is 2.04 bits per heavy atom. The summed E-state index contributed by atoms with van der Waals surface area (Å²) in [4.78, 5) is 16.5. The molecule has 0 atom stereocenters. The van der Waals surface area contributed by atoms with Gasteiger partial charge in [0.15, 0.2) is 0 Å². The molecule has 0 bridgehead atoms. The lowest BCUT2D eigenvalue weighted by Gasteiger charge is -2.07. The van der Waals surface area contributed by atoms with E-state index in [0.717, 1.165) is 17.5 Å². The molecule has 0 aliphatic carbocycles. The molecular formula is C19H16FN5O. The van der Waals surface area contributed by atoms with Crippen LogP contribution in [0.3, 0.4) is 0 Å². The van der Waals surface area contributed by atoms with E-state index in [2.05, 4.69) is 10.3 Å². The third-order valence-electron chi connectivity index (χ3n) is 3.74. The Morgan fingerprint density at radius 3 is 2.73 bits per heavy atom. The Kier molecular flexibility index (Phi) is 4.98. The van der Waals surface area contributed by atoms with E-state index < -0.39 is 0 Å². The summed E-state index contributed by atoms with van der Waals surface area (Å²) in [5.74, 6) is -0.277. The molecule has 0 saturated heterocycles. The van der Waals surface area contributed by atoms with Crippen LogP contribution >= 0.6 is 0 Å². The van der Waals surface area contributed by atoms with E-state index in [0.29, 0.717) is 17.8 Å². The van der Waals surface area contributed by atoms with Gasteiger partial charge in [-0.3, -0.25) is 20.2 Å². The van der Waals surface area contributed by atoms with E-state index in [1.54, 1.807) is 18.3 Å². The van der Waals surface area contributed by atoms with E-state index in [-0.39, 0.29) is 17.2 Å². The van der Waals surface area contributed by atoms with Gasteiger partial charge in [-0.05, 0) is 47.9 Å². The maximum Gasteiger partial charge on any atom is 0.258 e. The number of carbonyl (C=O) groups is 1. The number of nitrogens with zero attached hydrogens (tertiary/aromatic N) is 2. The summed E-state index contributed by atoms with van der Waals surface area (Å²) in [6.07, 6.45) is 4.54. The van der Waals surface area contributed by atoms with Crippen molar-refractivity contribution in [3.05, 3.63) is 88.9 Å². The van der Waals surface area contributed by atoms with Gasteiger partial charge >= 0.3 is 0 Å². The first-order valence-corrected chi connectivity index (χ1v) is 7.83. The smallest absolute Gasteiger partial charge is 0.258 e. The largest absolute Gasteiger partial charge is 0.307 e. The van der Waals surface area contributed by atoms with Gasteiger partial charge in [0.1, 0.15) is 17.1 Å². The lowest BCUT2D eigenvalue weighted by Crippen LogP contribution is -2.21. The van der Waals surface area contributed by atoms with Crippen LogP contribution in [0.2, 0.25) is 0 Å². The third-order valence-corrected chi connectivity index (χ3v) is 3.74. The molecule has 3 N–H and O–H groups in total. The first kappa shape index (κ1) is 17.2. The number of hydrogen-bond donors (Lipinski definition) is 3. The van der Waals surface area contributed by atoms with E-state index in [4.69, 9.17) is 10.8 Å². The van der Waals surface area contributed by atoms with Crippen molar-refractivity contribution >= 4 is 18.1 Å². The summed E-state index contributed by atoms with van der Waals surface area (Å²) in [7, 11) is 0. The number of hydrogen-bond acceptors (Lipinski definition) is 4. The Balaban J connectivity index is 1.70. The fraction of sp³-hybridized carbons (Fsp3) is 0.0526. The van der Waals surface area contributed by atoms with Crippen LogP contribution in [0.25, 0.3) is 0 Å². The molecule has 7 heteroatoms. The first-order chi connectivity index (χ1) is 12.5. The fourth-order valence-electron chi connectivity index (χ4n) is 2.43. The predicted octanol–water partition coefficient (Wildman–Crippen LogP) is 2.80. The van der Waals surface area contributed by atoms with E-state index in [1.165, 1.54) is 35.0 Å². The van der Waals surface area contributed by atoms with Gasteiger partial charge in [-0.25, -0.2) is 9.37 Å². The monoisotopic (exact) mass is 349 g/mol. The molecule has 0 aliphatic heterocycles. The van der Waals surface area contributed by atoms with Gasteiger partial charge in [0, 0.05) is 12.4 Å². The molecular weight excluding hydrogens is 333 g/mol. The molecule has 0 spiro atoms. The summed E-state index contributed by atoms with van der Waals surface area (Å²) < 4.78 is 14.5. The van der Waals surface area contributed by atoms with Gasteiger partial charge in [-0.2, -0.15) is 0 Å². The number of anilines is 1. The third kappa shape index (κ3) is 4.07. The molecule has 3 aromatic rings. The van der Waals surface area contributed by atoms with Crippen LogP contribution in [-0.2, 0) is 6.42 Å². The summed E-state index contributed by atoms with van der Waals surface area (Å²) in [5.41, 5.74) is 2.16. The molecule has 2 aromatic heterocycles. The van der Waals surface area contributed by atoms with Crippen molar-refractivity contribution in [3.63, 3.8) is 0 Å². The normalized spacial score (nSPS) is 10.3. The molecule has 1 amide bonds. The molecule has 6 nitrogen and oxygen atoms in total. The van der Waals surface area contributed by atoms with Crippen molar-refractivity contribution in [2.24, 2.45) is 0 Å². The second-order valence-electron chi connectivity index (χ2n) is 5.65. The highest BCUT2D eigenvalue weighted by atomic mass is 19.1. The molecule has 0 unspecified atom stereocenters. The second kappa shape index (κ2) is 7.52. The zero-order valence-electron chi connectivity index (χ0n) is 13.7. The second-order valence-corrected chi connectivity index (χ2v) is 5.65. The number of aromatic nitrogens is 2. The summed E-state index contributed by atoms with van der Waals surface area (Å²) >= 11 is 0. The molecule has 0 saturated carbocycles. The van der Waals surface area contributed by atoms with Gasteiger partial charge in [0.2, 0.25) is 0 Å². The van der Waals surface area contributed by atoms with Crippen LogP contribution in [0.1, 0.15) is 21.5 Å². The number of amides is 1. The Labute approximate surface area is 149 Å². The zero-order chi connectivity index (χ0) is 18.5. The molecule has 3 rings (SSSR count). The van der Waals surface area contributed by atoms with E-state index in [1.807, 2.05) is 12.1 Å². The lowest BCUT2D eigenvalue weighted by molar-refractivity contribution is 0.102. The molecule has 0 radical (unpaired) electrons. The Hall–Kier alpha value is -3.61. The molecule has 0 aliphatic rings. The van der Waals surface area contributed by atoms with Gasteiger partial charge in [0.05, 0.1) is 11.9 Å². The number of pyridine rings is 2. The SMILES string of the molecule is N=Cn1cc(C(=O)Nc2ccc(Cc3cccc(F)c3)cn2)ccc1=N. The number of benzene rings is 1. The van der Waals surface area contributed by atoms with Crippen molar-refractivity contribution in [2.75, 3.05) is 5.32 Å². The fourth-order valence-corrected chi connectivity index (χ4v) is 2.43. The number of nitrogens with one attached hydrogen (secondary N) is 3. The summed E-state index contributed by atoms with van der Waals surface area (Å²) in [6, 6.07) is 12.8. The van der Waals surface area contributed by atoms with Crippen LogP contribution in [0.5, 0.6) is 0 Å². The van der Waals surface area contributed by atoms with Crippen LogP contribution < -0.4 is 10.8 Å². The molecule has 26 heavy (non-hydrogen) atoms. The number of halogens is 1. The summed E-state index contributed by atoms with van der Waals surface area (Å²) in [6.45, 7) is 0. The molecule has 2 heterocycles. The maximum absolute atomic E-state index is 13.2. The van der Waals surface area contributed by atoms with Crippen LogP contribution in [0, 0.1) is 16.6 Å². The van der Waals surface area contributed by atoms with Crippen molar-refractivity contribution in [1.29, 1.82) is 10.8 Å². The van der Waals surface area contributed by atoms with Crippen molar-refractivity contribution in [3.8, 4) is 0 Å². The Bertz CT molecular complexity index is 1010. The minimum absolute atomic E-state index is 0.108. The quantitative estimate of drug-likeness (QED) is 0.488. The highest BCUT2D eigenvalue weighted by molar-refractivity contribution is 6.03. The molecule has 0 fully saturated rings. The van der Waals surface area contributed by atoms with Crippen LogP contribution in [0.15, 0.2) is 60.9 Å². The molecule has 1 aromatic carbocycles. The van der Waals surface area contributed by atoms with E-state index in [9.17, 15) is 9.18 Å². The average Bonchev–Trinajstić information content (AvgIpc) is 2.64. The highest BCUT2D eigenvalue weighted by Crippen LogP contribution is 2.13. The Morgan fingerprint density at radius 1 is 1.19 bits per heavy atom. The van der Waals surface area contributed by atoms with Crippen LogP contribution in [-0.4, -0.2) is 21.8 Å².